The van der Waals surface area contributed by atoms with E-state index in [9.17, 15) is 9.59 Å². The van der Waals surface area contributed by atoms with Gasteiger partial charge in [0.2, 0.25) is 0 Å². The minimum absolute atomic E-state index is 0.0881. The summed E-state index contributed by atoms with van der Waals surface area (Å²) in [5.74, 6) is -0.499. The van der Waals surface area contributed by atoms with Crippen LogP contribution in [0.2, 0.25) is 0 Å². The van der Waals surface area contributed by atoms with Gasteiger partial charge < -0.3 is 10.6 Å². The molecule has 0 aliphatic carbocycles. The van der Waals surface area contributed by atoms with E-state index in [2.05, 4.69) is 51.5 Å². The maximum atomic E-state index is 13.1. The first-order valence-corrected chi connectivity index (χ1v) is 12.2. The van der Waals surface area contributed by atoms with E-state index in [0.717, 1.165) is 28.4 Å². The Kier molecular flexibility index (Phi) is 5.68. The van der Waals surface area contributed by atoms with Crippen molar-refractivity contribution in [1.29, 1.82) is 0 Å². The molecule has 5 heterocycles. The summed E-state index contributed by atoms with van der Waals surface area (Å²) < 4.78 is 3.42. The molecule has 4 aromatic heterocycles. The molecule has 11 heteroatoms. The number of amides is 2. The lowest BCUT2D eigenvalue weighted by Gasteiger charge is -2.47. The SMILES string of the molecule is Cc1ncc(C(=O)NC2CN(C(C)(C)C)C2)cc1NC(=O)c1cnn2cc(-c3cnn(C)c3)sc12. The van der Waals surface area contributed by atoms with Gasteiger partial charge in [-0.05, 0) is 33.8 Å². The van der Waals surface area contributed by atoms with Gasteiger partial charge in [0.05, 0.1) is 45.8 Å². The van der Waals surface area contributed by atoms with E-state index in [1.54, 1.807) is 34.6 Å². The lowest BCUT2D eigenvalue weighted by molar-refractivity contribution is 0.0331. The second-order valence-electron chi connectivity index (χ2n) is 9.86. The molecule has 0 saturated carbocycles. The van der Waals surface area contributed by atoms with Gasteiger partial charge in [-0.25, -0.2) is 4.52 Å². The van der Waals surface area contributed by atoms with Crippen molar-refractivity contribution in [2.75, 3.05) is 18.4 Å². The van der Waals surface area contributed by atoms with Gasteiger partial charge in [-0.15, -0.1) is 11.3 Å². The monoisotopic (exact) mass is 492 g/mol. The van der Waals surface area contributed by atoms with E-state index in [1.165, 1.54) is 17.5 Å². The molecule has 35 heavy (non-hydrogen) atoms. The number of aromatic nitrogens is 5. The highest BCUT2D eigenvalue weighted by atomic mass is 32.1. The van der Waals surface area contributed by atoms with E-state index < -0.39 is 0 Å². The normalized spacial score (nSPS) is 14.8. The summed E-state index contributed by atoms with van der Waals surface area (Å²) in [7, 11) is 1.86. The molecule has 0 aromatic carbocycles. The quantitative estimate of drug-likeness (QED) is 0.443. The summed E-state index contributed by atoms with van der Waals surface area (Å²) in [6.07, 6.45) is 8.66. The van der Waals surface area contributed by atoms with Crippen molar-refractivity contribution < 1.29 is 9.59 Å². The average Bonchev–Trinajstić information content (AvgIpc) is 3.46. The number of fused-ring (bicyclic) bond motifs is 1. The molecule has 10 nitrogen and oxygen atoms in total. The van der Waals surface area contributed by atoms with Crippen molar-refractivity contribution >= 4 is 33.7 Å². The van der Waals surface area contributed by atoms with Crippen LogP contribution in [-0.4, -0.2) is 65.8 Å². The molecular weight excluding hydrogens is 464 g/mol. The Hall–Kier alpha value is -3.57. The van der Waals surface area contributed by atoms with Crippen molar-refractivity contribution in [3.63, 3.8) is 0 Å². The number of carbonyl (C=O) groups is 2. The van der Waals surface area contributed by atoms with E-state index in [0.29, 0.717) is 22.5 Å². The number of anilines is 1. The van der Waals surface area contributed by atoms with Crippen LogP contribution in [0.4, 0.5) is 5.69 Å². The standard InChI is InChI=1S/C24H28N8O2S/c1-14-19(6-15(7-25-14)21(33)28-17-11-31(12-17)24(2,3)4)29-22(34)18-9-27-32-13-20(35-23(18)32)16-8-26-30(5)10-16/h6-10,13,17H,11-12H2,1-5H3,(H,28,33)(H,29,34). The van der Waals surface area contributed by atoms with Crippen LogP contribution in [0, 0.1) is 6.92 Å². The number of hydrogen-bond acceptors (Lipinski definition) is 7. The fraction of sp³-hybridized carbons (Fsp3) is 0.375. The molecule has 1 aliphatic rings. The molecule has 0 unspecified atom stereocenters. The van der Waals surface area contributed by atoms with Crippen LogP contribution in [0.15, 0.2) is 37.1 Å². The summed E-state index contributed by atoms with van der Waals surface area (Å²) >= 11 is 1.47. The average molecular weight is 493 g/mol. The first-order chi connectivity index (χ1) is 16.6. The Labute approximate surface area is 207 Å². The maximum Gasteiger partial charge on any atom is 0.260 e. The second-order valence-corrected chi connectivity index (χ2v) is 10.9. The highest BCUT2D eigenvalue weighted by molar-refractivity contribution is 7.21. The molecule has 0 spiro atoms. The van der Waals surface area contributed by atoms with Crippen LogP contribution in [0.3, 0.4) is 0 Å². The molecule has 1 fully saturated rings. The van der Waals surface area contributed by atoms with Gasteiger partial charge in [0.15, 0.2) is 0 Å². The van der Waals surface area contributed by atoms with Gasteiger partial charge in [-0.3, -0.25) is 24.2 Å². The van der Waals surface area contributed by atoms with Gasteiger partial charge in [0.25, 0.3) is 11.8 Å². The number of hydrogen-bond donors (Lipinski definition) is 2. The number of thiazole rings is 1. The molecule has 182 valence electrons. The van der Waals surface area contributed by atoms with Gasteiger partial charge in [0, 0.05) is 49.8 Å². The molecular formula is C24H28N8O2S. The molecule has 4 aromatic rings. The molecule has 1 saturated heterocycles. The van der Waals surface area contributed by atoms with Crippen molar-refractivity contribution in [3.05, 3.63) is 53.9 Å². The zero-order valence-electron chi connectivity index (χ0n) is 20.4. The Morgan fingerprint density at radius 2 is 1.86 bits per heavy atom. The lowest BCUT2D eigenvalue weighted by Crippen LogP contribution is -2.64. The Balaban J connectivity index is 1.30. The van der Waals surface area contributed by atoms with Crippen LogP contribution < -0.4 is 10.6 Å². The number of nitrogens with zero attached hydrogens (tertiary/aromatic N) is 6. The lowest BCUT2D eigenvalue weighted by atomic mass is 9.97. The number of pyridine rings is 1. The minimum Gasteiger partial charge on any atom is -0.347 e. The third-order valence-electron chi connectivity index (χ3n) is 6.19. The van der Waals surface area contributed by atoms with Gasteiger partial charge >= 0.3 is 0 Å². The van der Waals surface area contributed by atoms with Crippen LogP contribution in [0.5, 0.6) is 0 Å². The molecule has 1 aliphatic heterocycles. The minimum atomic E-state index is -0.304. The van der Waals surface area contributed by atoms with E-state index in [1.807, 2.05) is 19.4 Å². The largest absolute Gasteiger partial charge is 0.347 e. The van der Waals surface area contributed by atoms with Crippen LogP contribution >= 0.6 is 11.3 Å². The van der Waals surface area contributed by atoms with Crippen molar-refractivity contribution in [2.45, 2.75) is 39.3 Å². The molecule has 5 rings (SSSR count). The Morgan fingerprint density at radius 1 is 1.09 bits per heavy atom. The van der Waals surface area contributed by atoms with E-state index in [-0.39, 0.29) is 23.4 Å². The number of aryl methyl sites for hydroxylation is 2. The number of nitrogens with one attached hydrogen (secondary N) is 2. The predicted molar refractivity (Wildman–Crippen MR) is 135 cm³/mol. The maximum absolute atomic E-state index is 13.1. The zero-order valence-corrected chi connectivity index (χ0v) is 21.2. The molecule has 2 amide bonds. The van der Waals surface area contributed by atoms with E-state index in [4.69, 9.17) is 0 Å². The fourth-order valence-corrected chi connectivity index (χ4v) is 5.02. The molecule has 0 atom stereocenters. The highest BCUT2D eigenvalue weighted by Crippen LogP contribution is 2.30. The third kappa shape index (κ3) is 4.56. The summed E-state index contributed by atoms with van der Waals surface area (Å²) in [6.45, 7) is 9.91. The second kappa shape index (κ2) is 8.58. The molecule has 0 bridgehead atoms. The Bertz CT molecular complexity index is 1420. The summed E-state index contributed by atoms with van der Waals surface area (Å²) in [6, 6.07) is 1.78. The number of carbonyl (C=O) groups excluding carboxylic acids is 2. The van der Waals surface area contributed by atoms with Crippen LogP contribution in [0.25, 0.3) is 15.3 Å². The predicted octanol–water partition coefficient (Wildman–Crippen LogP) is 2.96. The first kappa shape index (κ1) is 23.2. The fourth-order valence-electron chi connectivity index (χ4n) is 3.98. The van der Waals surface area contributed by atoms with Crippen molar-refractivity contribution in [2.24, 2.45) is 7.05 Å². The summed E-state index contributed by atoms with van der Waals surface area (Å²) in [4.78, 5) is 34.3. The zero-order chi connectivity index (χ0) is 24.9. The summed E-state index contributed by atoms with van der Waals surface area (Å²) in [5.41, 5.74) is 3.04. The smallest absolute Gasteiger partial charge is 0.260 e. The highest BCUT2D eigenvalue weighted by Gasteiger charge is 2.35. The van der Waals surface area contributed by atoms with Crippen molar-refractivity contribution in [1.82, 2.24) is 34.6 Å². The van der Waals surface area contributed by atoms with Gasteiger partial charge in [-0.1, -0.05) is 0 Å². The first-order valence-electron chi connectivity index (χ1n) is 11.4. The van der Waals surface area contributed by atoms with Gasteiger partial charge in [-0.2, -0.15) is 10.2 Å². The summed E-state index contributed by atoms with van der Waals surface area (Å²) in [5, 5.41) is 14.5. The van der Waals surface area contributed by atoms with Crippen LogP contribution in [-0.2, 0) is 7.05 Å². The number of likely N-dealkylation sites (tertiary alicyclic amines) is 1. The molecule has 2 N–H and O–H groups in total. The van der Waals surface area contributed by atoms with Crippen molar-refractivity contribution in [3.8, 4) is 10.4 Å². The van der Waals surface area contributed by atoms with E-state index >= 15 is 0 Å². The number of rotatable bonds is 5. The topological polar surface area (TPSA) is 109 Å². The Morgan fingerprint density at radius 3 is 2.54 bits per heavy atom. The third-order valence-corrected chi connectivity index (χ3v) is 7.35. The molecule has 0 radical (unpaired) electrons. The van der Waals surface area contributed by atoms with Gasteiger partial charge in [0.1, 0.15) is 4.83 Å². The van der Waals surface area contributed by atoms with Crippen LogP contribution in [0.1, 0.15) is 47.2 Å².